The average Bonchev–Trinajstić information content (AvgIpc) is 2.53. The van der Waals surface area contributed by atoms with Crippen LogP contribution in [-0.4, -0.2) is 18.3 Å². The molecule has 23 heavy (non-hydrogen) atoms. The van der Waals surface area contributed by atoms with E-state index in [9.17, 15) is 28.6 Å². The molecule has 0 aliphatic carbocycles. The monoisotopic (exact) mass is 335 g/mol. The number of hydrogen-bond donors (Lipinski definition) is 0. The first-order chi connectivity index (χ1) is 10.8. The summed E-state index contributed by atoms with van der Waals surface area (Å²) in [6, 6.07) is 11.9. The van der Waals surface area contributed by atoms with Crippen molar-refractivity contribution in [3.8, 4) is 0 Å². The number of hydrogen-bond acceptors (Lipinski definition) is 6. The first-order valence-corrected chi connectivity index (χ1v) is 7.89. The van der Waals surface area contributed by atoms with Crippen LogP contribution in [0.2, 0.25) is 0 Å². The molecule has 0 bridgehead atoms. The van der Waals surface area contributed by atoms with Gasteiger partial charge in [-0.05, 0) is 18.7 Å². The third-order valence-corrected chi connectivity index (χ3v) is 5.09. The molecule has 0 radical (unpaired) electrons. The van der Waals surface area contributed by atoms with Crippen LogP contribution >= 0.6 is 0 Å². The molecule has 1 unspecified atom stereocenters. The Balaban J connectivity index is 2.49. The summed E-state index contributed by atoms with van der Waals surface area (Å²) in [5, 5.41) is 19.9. The summed E-state index contributed by atoms with van der Waals surface area (Å²) >= 11 is 0. The number of benzene rings is 2. The molecule has 2 rings (SSSR count). The van der Waals surface area contributed by atoms with E-state index in [2.05, 4.69) is 0 Å². The van der Waals surface area contributed by atoms with Gasteiger partial charge in [-0.2, -0.15) is 0 Å². The Hall–Kier alpha value is -2.94. The molecule has 0 amide bonds. The Kier molecular flexibility index (Phi) is 4.60. The number of rotatable bonds is 6. The second-order valence-corrected chi connectivity index (χ2v) is 6.63. The number of sulfone groups is 1. The maximum atomic E-state index is 12.6. The van der Waals surface area contributed by atoms with Crippen molar-refractivity contribution in [2.24, 2.45) is 0 Å². The van der Waals surface area contributed by atoms with E-state index < -0.39 is 24.9 Å². The first-order valence-electron chi connectivity index (χ1n) is 6.34. The Labute approximate surface area is 131 Å². The Morgan fingerprint density at radius 1 is 0.913 bits per heavy atom. The minimum atomic E-state index is -4.05. The van der Waals surface area contributed by atoms with Gasteiger partial charge in [0.15, 0.2) is 9.84 Å². The highest BCUT2D eigenvalue weighted by atomic mass is 32.2. The van der Waals surface area contributed by atoms with E-state index in [1.807, 2.05) is 0 Å². The van der Waals surface area contributed by atoms with Crippen LogP contribution in [0.4, 0.5) is 5.69 Å². The summed E-state index contributed by atoms with van der Waals surface area (Å²) in [7, 11) is -4.05. The minimum absolute atomic E-state index is 0.0681. The van der Waals surface area contributed by atoms with Crippen LogP contribution in [0.25, 0.3) is 0 Å². The summed E-state index contributed by atoms with van der Waals surface area (Å²) in [6.07, 6.45) is 0. The third-order valence-electron chi connectivity index (χ3n) is 3.10. The Bertz CT molecular complexity index is 818. The lowest BCUT2D eigenvalue weighted by Crippen LogP contribution is -2.18. The molecule has 0 saturated heterocycles. The van der Waals surface area contributed by atoms with Crippen molar-refractivity contribution in [3.05, 3.63) is 86.9 Å². The fraction of sp³-hybridized carbons (Fsp3) is 0.0714. The van der Waals surface area contributed by atoms with Gasteiger partial charge in [0.1, 0.15) is 0 Å². The van der Waals surface area contributed by atoms with Crippen molar-refractivity contribution in [3.63, 3.8) is 0 Å². The van der Waals surface area contributed by atoms with E-state index in [0.29, 0.717) is 6.54 Å². The molecule has 0 saturated carbocycles. The van der Waals surface area contributed by atoms with Crippen LogP contribution in [0.5, 0.6) is 0 Å². The van der Waals surface area contributed by atoms with Gasteiger partial charge in [0, 0.05) is 17.4 Å². The predicted octanol–water partition coefficient (Wildman–Crippen LogP) is 2.55. The van der Waals surface area contributed by atoms with Crippen molar-refractivity contribution >= 4 is 15.5 Å². The van der Waals surface area contributed by atoms with Crippen molar-refractivity contribution < 1.29 is 18.3 Å². The van der Waals surface area contributed by atoms with Crippen LogP contribution < -0.4 is 0 Å². The van der Waals surface area contributed by atoms with Gasteiger partial charge in [-0.3, -0.25) is 20.2 Å². The van der Waals surface area contributed by atoms with E-state index in [1.54, 1.807) is 6.07 Å². The fourth-order valence-electron chi connectivity index (χ4n) is 2.00. The number of nitro benzene ring substituents is 1. The highest BCUT2D eigenvalue weighted by Crippen LogP contribution is 2.32. The molecule has 9 heteroatoms. The van der Waals surface area contributed by atoms with Crippen LogP contribution in [-0.2, 0) is 9.84 Å². The van der Waals surface area contributed by atoms with E-state index in [0.717, 1.165) is 12.1 Å². The molecule has 0 N–H and O–H groups in total. The lowest BCUT2D eigenvalue weighted by Gasteiger charge is -2.21. The topological polar surface area (TPSA) is 120 Å². The van der Waals surface area contributed by atoms with E-state index >= 15 is 0 Å². The van der Waals surface area contributed by atoms with Crippen molar-refractivity contribution in [1.82, 2.24) is 0 Å². The fourth-order valence-corrected chi connectivity index (χ4v) is 3.60. The second kappa shape index (κ2) is 6.44. The SMILES string of the molecule is O=[N+]([O-])[CH-]C(c1ccc([N+](=O)[O-])cc1)S(=O)(=O)c1ccccc1. The normalized spacial score (nSPS) is 12.3. The lowest BCUT2D eigenvalue weighted by atomic mass is 10.1. The summed E-state index contributed by atoms with van der Waals surface area (Å²) in [5.74, 6) is 0. The van der Waals surface area contributed by atoms with Gasteiger partial charge in [0.2, 0.25) is 0 Å². The first kappa shape index (κ1) is 16.4. The Morgan fingerprint density at radius 2 is 1.48 bits per heavy atom. The molecule has 2 aromatic rings. The van der Waals surface area contributed by atoms with Crippen molar-refractivity contribution in [2.45, 2.75) is 10.1 Å². The van der Waals surface area contributed by atoms with Gasteiger partial charge < -0.3 is 0 Å². The average molecular weight is 335 g/mol. The summed E-state index contributed by atoms with van der Waals surface area (Å²) < 4.78 is 25.2. The van der Waals surface area contributed by atoms with E-state index in [1.165, 1.54) is 36.4 Å². The summed E-state index contributed by atoms with van der Waals surface area (Å²) in [4.78, 5) is 19.9. The molecule has 0 spiro atoms. The highest BCUT2D eigenvalue weighted by Gasteiger charge is 2.26. The van der Waals surface area contributed by atoms with Crippen LogP contribution in [0.15, 0.2) is 59.5 Å². The molecule has 0 aromatic heterocycles. The smallest absolute Gasteiger partial charge is 0.269 e. The van der Waals surface area contributed by atoms with Crippen LogP contribution in [0, 0.1) is 26.8 Å². The Morgan fingerprint density at radius 3 is 1.96 bits per heavy atom. The zero-order valence-corrected chi connectivity index (χ0v) is 12.4. The third kappa shape index (κ3) is 3.64. The largest absolute Gasteiger partial charge is 0.295 e. The predicted molar refractivity (Wildman–Crippen MR) is 80.8 cm³/mol. The van der Waals surface area contributed by atoms with Crippen molar-refractivity contribution in [1.29, 1.82) is 0 Å². The lowest BCUT2D eigenvalue weighted by molar-refractivity contribution is -0.437. The highest BCUT2D eigenvalue weighted by molar-refractivity contribution is 7.91. The number of nitrogens with zero attached hydrogens (tertiary/aromatic N) is 2. The molecular weight excluding hydrogens is 324 g/mol. The minimum Gasteiger partial charge on any atom is -0.295 e. The molecular formula is C14H11N2O6S-. The van der Waals surface area contributed by atoms with E-state index in [4.69, 9.17) is 0 Å². The molecule has 0 fully saturated rings. The number of non-ortho nitro benzene ring substituents is 1. The second-order valence-electron chi connectivity index (χ2n) is 4.56. The molecule has 0 aliphatic heterocycles. The van der Waals surface area contributed by atoms with Gasteiger partial charge in [-0.1, -0.05) is 35.9 Å². The molecule has 1 atom stereocenters. The van der Waals surface area contributed by atoms with Crippen LogP contribution in [0.3, 0.4) is 0 Å². The van der Waals surface area contributed by atoms with Gasteiger partial charge in [0.05, 0.1) is 9.82 Å². The molecule has 0 aliphatic rings. The number of nitro groups is 2. The molecule has 2 aromatic carbocycles. The molecule has 120 valence electrons. The van der Waals surface area contributed by atoms with Gasteiger partial charge >= 0.3 is 0 Å². The molecule has 0 heterocycles. The standard InChI is InChI=1S/C14H11N2O6S/c17-15(18)10-14(11-6-8-12(9-7-11)16(19)20)23(21,22)13-4-2-1-3-5-13/h1-10,14H/q-1. The quantitative estimate of drug-likeness (QED) is 0.454. The van der Waals surface area contributed by atoms with Crippen LogP contribution in [0.1, 0.15) is 10.8 Å². The maximum absolute atomic E-state index is 12.6. The zero-order chi connectivity index (χ0) is 17.0. The van der Waals surface area contributed by atoms with Crippen molar-refractivity contribution in [2.75, 3.05) is 0 Å². The molecule has 8 nitrogen and oxygen atoms in total. The maximum Gasteiger partial charge on any atom is 0.269 e. The summed E-state index contributed by atoms with van der Waals surface area (Å²) in [5.41, 5.74) is -0.151. The van der Waals surface area contributed by atoms with E-state index in [-0.39, 0.29) is 16.1 Å². The zero-order valence-electron chi connectivity index (χ0n) is 11.6. The van der Waals surface area contributed by atoms with Gasteiger partial charge in [0.25, 0.3) is 5.69 Å². The van der Waals surface area contributed by atoms with Gasteiger partial charge in [-0.25, -0.2) is 8.42 Å². The summed E-state index contributed by atoms with van der Waals surface area (Å²) in [6.45, 7) is 0.462. The van der Waals surface area contributed by atoms with Gasteiger partial charge in [-0.15, -0.1) is 4.92 Å².